The Balaban J connectivity index is 1.77. The number of anilines is 1. The molecule has 0 radical (unpaired) electrons. The number of carbonyl (C=O) groups excluding carboxylic acids is 1. The third-order valence-corrected chi connectivity index (χ3v) is 6.32. The number of hydrogen-bond donors (Lipinski definition) is 1. The summed E-state index contributed by atoms with van der Waals surface area (Å²) >= 11 is 0. The topological polar surface area (TPSA) is 66.5 Å². The van der Waals surface area contributed by atoms with Gasteiger partial charge in [-0.3, -0.25) is 4.79 Å². The molecule has 0 fully saturated rings. The van der Waals surface area contributed by atoms with Gasteiger partial charge in [-0.05, 0) is 48.6 Å². The van der Waals surface area contributed by atoms with Crippen LogP contribution in [0.15, 0.2) is 53.4 Å². The van der Waals surface area contributed by atoms with Crippen molar-refractivity contribution in [2.45, 2.75) is 30.6 Å². The summed E-state index contributed by atoms with van der Waals surface area (Å²) in [7, 11) is -1.94. The number of aryl methyl sites for hydroxylation is 1. The summed E-state index contributed by atoms with van der Waals surface area (Å²) in [6.07, 6.45) is 2.56. The fourth-order valence-electron chi connectivity index (χ4n) is 2.94. The van der Waals surface area contributed by atoms with Crippen LogP contribution in [0, 0.1) is 0 Å². The molecule has 0 spiro atoms. The maximum absolute atomic E-state index is 12.8. The lowest BCUT2D eigenvalue weighted by molar-refractivity contribution is -0.116. The van der Waals surface area contributed by atoms with Crippen LogP contribution in [-0.2, 0) is 27.7 Å². The average molecular weight is 358 g/mol. The van der Waals surface area contributed by atoms with E-state index in [2.05, 4.69) is 5.32 Å². The third kappa shape index (κ3) is 4.08. The molecule has 5 nitrogen and oxygen atoms in total. The SMILES string of the molecule is CN(CCc1ccccc1)S(=O)(=O)c1ccc2c(c1)CCCC(=O)N2. The van der Waals surface area contributed by atoms with E-state index in [4.69, 9.17) is 0 Å². The molecule has 0 aliphatic carbocycles. The van der Waals surface area contributed by atoms with Crippen LogP contribution in [0.3, 0.4) is 0 Å². The summed E-state index contributed by atoms with van der Waals surface area (Å²) in [4.78, 5) is 11.9. The summed E-state index contributed by atoms with van der Waals surface area (Å²) in [5, 5.41) is 2.83. The fraction of sp³-hybridized carbons (Fsp3) is 0.316. The second-order valence-corrected chi connectivity index (χ2v) is 8.33. The van der Waals surface area contributed by atoms with Crippen molar-refractivity contribution in [2.24, 2.45) is 0 Å². The molecule has 132 valence electrons. The molecule has 1 amide bonds. The number of hydrogen-bond acceptors (Lipinski definition) is 3. The number of nitrogens with one attached hydrogen (secondary N) is 1. The molecule has 1 N–H and O–H groups in total. The van der Waals surface area contributed by atoms with Crippen molar-refractivity contribution >= 4 is 21.6 Å². The van der Waals surface area contributed by atoms with Crippen molar-refractivity contribution in [2.75, 3.05) is 18.9 Å². The van der Waals surface area contributed by atoms with Gasteiger partial charge in [0.15, 0.2) is 0 Å². The first-order chi connectivity index (χ1) is 12.0. The molecule has 1 aliphatic rings. The Hall–Kier alpha value is -2.18. The lowest BCUT2D eigenvalue weighted by atomic mass is 10.1. The Morgan fingerprint density at radius 3 is 2.60 bits per heavy atom. The highest BCUT2D eigenvalue weighted by molar-refractivity contribution is 7.89. The van der Waals surface area contributed by atoms with E-state index in [1.807, 2.05) is 30.3 Å². The van der Waals surface area contributed by atoms with E-state index in [0.717, 1.165) is 17.5 Å². The highest BCUT2D eigenvalue weighted by atomic mass is 32.2. The van der Waals surface area contributed by atoms with Gasteiger partial charge in [0.25, 0.3) is 0 Å². The Morgan fingerprint density at radius 1 is 1.08 bits per heavy atom. The van der Waals surface area contributed by atoms with Gasteiger partial charge >= 0.3 is 0 Å². The quantitative estimate of drug-likeness (QED) is 0.894. The molecule has 3 rings (SSSR count). The van der Waals surface area contributed by atoms with Crippen molar-refractivity contribution in [3.8, 4) is 0 Å². The van der Waals surface area contributed by atoms with Gasteiger partial charge in [-0.1, -0.05) is 30.3 Å². The summed E-state index contributed by atoms with van der Waals surface area (Å²) in [5.74, 6) is -0.0191. The second kappa shape index (κ2) is 7.37. The molecule has 0 bridgehead atoms. The monoisotopic (exact) mass is 358 g/mol. The number of carbonyl (C=O) groups is 1. The first-order valence-electron chi connectivity index (χ1n) is 8.40. The summed E-state index contributed by atoms with van der Waals surface area (Å²) in [6, 6.07) is 14.8. The lowest BCUT2D eigenvalue weighted by Gasteiger charge is -2.18. The third-order valence-electron chi connectivity index (χ3n) is 4.47. The van der Waals surface area contributed by atoms with Crippen LogP contribution < -0.4 is 5.32 Å². The van der Waals surface area contributed by atoms with Crippen molar-refractivity contribution < 1.29 is 13.2 Å². The van der Waals surface area contributed by atoms with Gasteiger partial charge in [0, 0.05) is 25.7 Å². The van der Waals surface area contributed by atoms with Crippen LogP contribution in [0.5, 0.6) is 0 Å². The molecular formula is C19H22N2O3S. The number of nitrogens with zero attached hydrogens (tertiary/aromatic N) is 1. The average Bonchev–Trinajstić information content (AvgIpc) is 2.80. The van der Waals surface area contributed by atoms with Gasteiger partial charge in [0.1, 0.15) is 0 Å². The molecule has 0 saturated heterocycles. The van der Waals surface area contributed by atoms with Gasteiger partial charge in [0.05, 0.1) is 4.90 Å². The molecule has 2 aromatic rings. The molecular weight excluding hydrogens is 336 g/mol. The zero-order valence-corrected chi connectivity index (χ0v) is 15.1. The van der Waals surface area contributed by atoms with Crippen LogP contribution in [0.1, 0.15) is 24.0 Å². The molecule has 0 unspecified atom stereocenters. The van der Waals surface area contributed by atoms with E-state index in [0.29, 0.717) is 31.5 Å². The molecule has 6 heteroatoms. The van der Waals surface area contributed by atoms with Crippen LogP contribution in [0.4, 0.5) is 5.69 Å². The maximum Gasteiger partial charge on any atom is 0.242 e. The molecule has 0 aromatic heterocycles. The van der Waals surface area contributed by atoms with E-state index >= 15 is 0 Å². The predicted octanol–water partition coefficient (Wildman–Crippen LogP) is 2.82. The molecule has 0 atom stereocenters. The van der Waals surface area contributed by atoms with Crippen LogP contribution in [0.2, 0.25) is 0 Å². The van der Waals surface area contributed by atoms with E-state index in [1.54, 1.807) is 25.2 Å². The minimum absolute atomic E-state index is 0.0191. The van der Waals surface area contributed by atoms with Crippen molar-refractivity contribution in [1.29, 1.82) is 0 Å². The minimum atomic E-state index is -3.55. The Kier molecular flexibility index (Phi) is 5.20. The van der Waals surface area contributed by atoms with Crippen molar-refractivity contribution in [3.05, 3.63) is 59.7 Å². The van der Waals surface area contributed by atoms with Crippen LogP contribution in [0.25, 0.3) is 0 Å². The van der Waals surface area contributed by atoms with E-state index in [-0.39, 0.29) is 10.8 Å². The molecule has 25 heavy (non-hydrogen) atoms. The molecule has 2 aromatic carbocycles. The van der Waals surface area contributed by atoms with Crippen LogP contribution >= 0.6 is 0 Å². The van der Waals surface area contributed by atoms with Gasteiger partial charge in [-0.25, -0.2) is 12.7 Å². The summed E-state index contributed by atoms with van der Waals surface area (Å²) in [6.45, 7) is 0.417. The van der Waals surface area contributed by atoms with E-state index < -0.39 is 10.0 Å². The number of amides is 1. The highest BCUT2D eigenvalue weighted by Crippen LogP contribution is 2.26. The van der Waals surface area contributed by atoms with Crippen molar-refractivity contribution in [1.82, 2.24) is 4.31 Å². The normalized spacial score (nSPS) is 14.7. The number of rotatable bonds is 5. The zero-order valence-electron chi connectivity index (χ0n) is 14.2. The minimum Gasteiger partial charge on any atom is -0.326 e. The van der Waals surface area contributed by atoms with E-state index in [9.17, 15) is 13.2 Å². The number of sulfonamides is 1. The number of benzene rings is 2. The largest absolute Gasteiger partial charge is 0.326 e. The zero-order chi connectivity index (χ0) is 17.9. The molecule has 1 heterocycles. The van der Waals surface area contributed by atoms with Gasteiger partial charge in [-0.2, -0.15) is 0 Å². The Morgan fingerprint density at radius 2 is 1.84 bits per heavy atom. The fourth-order valence-corrected chi connectivity index (χ4v) is 4.17. The first kappa shape index (κ1) is 17.6. The van der Waals surface area contributed by atoms with Gasteiger partial charge in [-0.15, -0.1) is 0 Å². The first-order valence-corrected chi connectivity index (χ1v) is 9.84. The van der Waals surface area contributed by atoms with Gasteiger partial charge in [0.2, 0.25) is 15.9 Å². The van der Waals surface area contributed by atoms with E-state index in [1.165, 1.54) is 4.31 Å². The molecule has 1 aliphatic heterocycles. The summed E-state index contributed by atoms with van der Waals surface area (Å²) < 4.78 is 27.0. The van der Waals surface area contributed by atoms with Crippen LogP contribution in [-0.4, -0.2) is 32.2 Å². The number of fused-ring (bicyclic) bond motifs is 1. The Bertz CT molecular complexity index is 863. The predicted molar refractivity (Wildman–Crippen MR) is 98.0 cm³/mol. The standard InChI is InChI=1S/C19H22N2O3S/c1-21(13-12-15-6-3-2-4-7-15)25(23,24)17-10-11-18-16(14-17)8-5-9-19(22)20-18/h2-4,6-7,10-11,14H,5,8-9,12-13H2,1H3,(H,20,22). The second-order valence-electron chi connectivity index (χ2n) is 6.28. The number of likely N-dealkylation sites (N-methyl/N-ethyl adjacent to an activating group) is 1. The van der Waals surface area contributed by atoms with Gasteiger partial charge < -0.3 is 5.32 Å². The lowest BCUT2D eigenvalue weighted by Crippen LogP contribution is -2.29. The highest BCUT2D eigenvalue weighted by Gasteiger charge is 2.22. The maximum atomic E-state index is 12.8. The van der Waals surface area contributed by atoms with Crippen molar-refractivity contribution in [3.63, 3.8) is 0 Å². The Labute approximate surface area is 148 Å². The smallest absolute Gasteiger partial charge is 0.242 e. The molecule has 0 saturated carbocycles. The summed E-state index contributed by atoms with van der Waals surface area (Å²) in [5.41, 5.74) is 2.70.